The molecule has 20 heavy (non-hydrogen) atoms. The van der Waals surface area contributed by atoms with E-state index in [1.54, 1.807) is 0 Å². The second-order valence-corrected chi connectivity index (χ2v) is 4.94. The van der Waals surface area contributed by atoms with Crippen LogP contribution in [0.3, 0.4) is 0 Å². The molecule has 1 aliphatic heterocycles. The fraction of sp³-hybridized carbons (Fsp3) is 0.357. The molecule has 1 aromatic carbocycles. The number of nitrogens with zero attached hydrogens (tertiary/aromatic N) is 3. The molecule has 106 valence electrons. The van der Waals surface area contributed by atoms with Gasteiger partial charge in [-0.3, -0.25) is 4.57 Å². The highest BCUT2D eigenvalue weighted by Gasteiger charge is 2.20. The molecule has 6 heteroatoms. The van der Waals surface area contributed by atoms with Crippen molar-refractivity contribution in [2.45, 2.75) is 25.9 Å². The zero-order chi connectivity index (χ0) is 14.1. The highest BCUT2D eigenvalue weighted by Crippen LogP contribution is 2.30. The van der Waals surface area contributed by atoms with Crippen molar-refractivity contribution in [1.82, 2.24) is 9.55 Å². The molecule has 0 amide bonds. The number of nitrogens with two attached hydrogens (primary N) is 1. The molecule has 2 N–H and O–H groups in total. The normalized spacial score (nSPS) is 14.7. The minimum Gasteiger partial charge on any atom is -0.399 e. The van der Waals surface area contributed by atoms with E-state index in [9.17, 15) is 8.78 Å². The second-order valence-electron chi connectivity index (χ2n) is 4.94. The Morgan fingerprint density at radius 3 is 3.00 bits per heavy atom. The molecule has 0 unspecified atom stereocenters. The lowest BCUT2D eigenvalue weighted by molar-refractivity contribution is 0.0669. The Kier molecular flexibility index (Phi) is 3.30. The van der Waals surface area contributed by atoms with Crippen LogP contribution in [0.1, 0.15) is 24.4 Å². The molecule has 0 saturated carbocycles. The molecule has 0 radical (unpaired) electrons. The number of nitrogen functional groups attached to an aromatic ring is 1. The van der Waals surface area contributed by atoms with E-state index in [0.717, 1.165) is 35.3 Å². The predicted molar refractivity (Wildman–Crippen MR) is 73.7 cm³/mol. The van der Waals surface area contributed by atoms with Crippen LogP contribution in [0.25, 0.3) is 0 Å². The summed E-state index contributed by atoms with van der Waals surface area (Å²) in [5.41, 5.74) is 8.77. The van der Waals surface area contributed by atoms with Gasteiger partial charge in [-0.2, -0.15) is 8.78 Å². The summed E-state index contributed by atoms with van der Waals surface area (Å²) in [6, 6.07) is 5.76. The van der Waals surface area contributed by atoms with Gasteiger partial charge in [0.25, 0.3) is 0 Å². The van der Waals surface area contributed by atoms with Gasteiger partial charge < -0.3 is 10.6 Å². The van der Waals surface area contributed by atoms with Crippen LogP contribution < -0.4 is 10.6 Å². The Morgan fingerprint density at radius 1 is 1.35 bits per heavy atom. The Hall–Kier alpha value is -2.11. The minimum absolute atomic E-state index is 0.379. The second kappa shape index (κ2) is 5.11. The summed E-state index contributed by atoms with van der Waals surface area (Å²) in [7, 11) is 0. The predicted octanol–water partition coefficient (Wildman–Crippen LogP) is 2.81. The number of benzene rings is 1. The third-order valence-electron chi connectivity index (χ3n) is 3.61. The topological polar surface area (TPSA) is 47.1 Å². The number of halogens is 2. The van der Waals surface area contributed by atoms with Crippen molar-refractivity contribution < 1.29 is 8.78 Å². The summed E-state index contributed by atoms with van der Waals surface area (Å²) in [6.45, 7) is -1.33. The molecule has 3 rings (SSSR count). The van der Waals surface area contributed by atoms with Crippen LogP contribution in [-0.4, -0.2) is 16.1 Å². The maximum Gasteiger partial charge on any atom is 0.319 e. The van der Waals surface area contributed by atoms with Crippen molar-refractivity contribution in [3.63, 3.8) is 0 Å². The van der Waals surface area contributed by atoms with Crippen LogP contribution in [0, 0.1) is 0 Å². The molecule has 0 bridgehead atoms. The number of aryl methyl sites for hydroxylation is 1. The fourth-order valence-corrected chi connectivity index (χ4v) is 2.67. The van der Waals surface area contributed by atoms with Crippen molar-refractivity contribution in [3.05, 3.63) is 42.0 Å². The zero-order valence-corrected chi connectivity index (χ0v) is 11.0. The summed E-state index contributed by atoms with van der Waals surface area (Å²) >= 11 is 0. The van der Waals surface area contributed by atoms with Crippen LogP contribution in [0.2, 0.25) is 0 Å². The summed E-state index contributed by atoms with van der Waals surface area (Å²) in [5, 5.41) is 0. The average molecular weight is 278 g/mol. The van der Waals surface area contributed by atoms with E-state index in [-0.39, 0.29) is 0 Å². The molecule has 1 aliphatic rings. The summed E-state index contributed by atoms with van der Waals surface area (Å²) in [5.74, 6) is 0.379. The molecular formula is C14H16F2N4. The lowest BCUT2D eigenvalue weighted by Crippen LogP contribution is -2.30. The molecular weight excluding hydrogens is 262 g/mol. The number of imidazole rings is 1. The zero-order valence-electron chi connectivity index (χ0n) is 11.0. The van der Waals surface area contributed by atoms with E-state index in [0.29, 0.717) is 12.4 Å². The van der Waals surface area contributed by atoms with Crippen LogP contribution in [0.4, 0.5) is 20.2 Å². The number of alkyl halides is 2. The third-order valence-corrected chi connectivity index (χ3v) is 3.61. The van der Waals surface area contributed by atoms with Crippen molar-refractivity contribution in [2.75, 3.05) is 17.2 Å². The molecule has 0 aliphatic carbocycles. The van der Waals surface area contributed by atoms with Gasteiger partial charge in [-0.25, -0.2) is 4.98 Å². The Labute approximate surface area is 115 Å². The number of fused-ring (bicyclic) bond motifs is 1. The highest BCUT2D eigenvalue weighted by molar-refractivity contribution is 5.61. The number of hydrogen-bond acceptors (Lipinski definition) is 3. The van der Waals surface area contributed by atoms with Gasteiger partial charge in [0, 0.05) is 30.3 Å². The molecule has 0 atom stereocenters. The molecule has 0 spiro atoms. The molecule has 2 aromatic rings. The number of rotatable bonds is 3. The first-order valence-corrected chi connectivity index (χ1v) is 6.58. The lowest BCUT2D eigenvalue weighted by Gasteiger charge is -2.31. The summed E-state index contributed by atoms with van der Waals surface area (Å²) in [4.78, 5) is 6.12. The van der Waals surface area contributed by atoms with Gasteiger partial charge in [-0.1, -0.05) is 0 Å². The Morgan fingerprint density at radius 2 is 2.20 bits per heavy atom. The van der Waals surface area contributed by atoms with E-state index in [4.69, 9.17) is 5.73 Å². The highest BCUT2D eigenvalue weighted by atomic mass is 19.3. The van der Waals surface area contributed by atoms with Crippen LogP contribution >= 0.6 is 0 Å². The standard InChI is InChI=1S/C14H16F2N4/c15-14(16)20-7-5-18-13(20)9-19-6-1-2-10-8-11(17)3-4-12(10)19/h3-5,7-8,14H,1-2,6,9,17H2. The van der Waals surface area contributed by atoms with Crippen molar-refractivity contribution in [3.8, 4) is 0 Å². The lowest BCUT2D eigenvalue weighted by atomic mass is 10.0. The van der Waals surface area contributed by atoms with Crippen molar-refractivity contribution >= 4 is 11.4 Å². The van der Waals surface area contributed by atoms with Gasteiger partial charge in [0.15, 0.2) is 0 Å². The van der Waals surface area contributed by atoms with E-state index in [1.807, 2.05) is 18.2 Å². The third kappa shape index (κ3) is 2.33. The monoisotopic (exact) mass is 278 g/mol. The Bertz CT molecular complexity index is 609. The number of aromatic nitrogens is 2. The van der Waals surface area contributed by atoms with Gasteiger partial charge in [-0.15, -0.1) is 0 Å². The van der Waals surface area contributed by atoms with Crippen molar-refractivity contribution in [1.29, 1.82) is 0 Å². The molecule has 1 aromatic heterocycles. The van der Waals surface area contributed by atoms with Crippen LogP contribution in [0.5, 0.6) is 0 Å². The SMILES string of the molecule is Nc1ccc2c(c1)CCCN2Cc1nccn1C(F)F. The smallest absolute Gasteiger partial charge is 0.319 e. The number of hydrogen-bond donors (Lipinski definition) is 1. The Balaban J connectivity index is 1.88. The van der Waals surface area contributed by atoms with Crippen LogP contribution in [0.15, 0.2) is 30.6 Å². The first-order valence-electron chi connectivity index (χ1n) is 6.58. The van der Waals surface area contributed by atoms with E-state index in [2.05, 4.69) is 9.88 Å². The average Bonchev–Trinajstić information content (AvgIpc) is 2.87. The number of anilines is 2. The first-order chi connectivity index (χ1) is 9.65. The van der Waals surface area contributed by atoms with Gasteiger partial charge in [0.05, 0.1) is 6.54 Å². The molecule has 0 saturated heterocycles. The van der Waals surface area contributed by atoms with Crippen LogP contribution in [-0.2, 0) is 13.0 Å². The molecule has 2 heterocycles. The van der Waals surface area contributed by atoms with Gasteiger partial charge >= 0.3 is 6.55 Å². The van der Waals surface area contributed by atoms with E-state index in [1.165, 1.54) is 18.0 Å². The molecule has 0 fully saturated rings. The fourth-order valence-electron chi connectivity index (χ4n) is 2.67. The summed E-state index contributed by atoms with van der Waals surface area (Å²) in [6.07, 6.45) is 4.69. The van der Waals surface area contributed by atoms with Gasteiger partial charge in [0.2, 0.25) is 0 Å². The quantitative estimate of drug-likeness (QED) is 0.878. The maximum atomic E-state index is 12.9. The molecule has 4 nitrogen and oxygen atoms in total. The van der Waals surface area contributed by atoms with E-state index < -0.39 is 6.55 Å². The summed E-state index contributed by atoms with van der Waals surface area (Å²) < 4.78 is 26.6. The first kappa shape index (κ1) is 12.9. The van der Waals surface area contributed by atoms with Gasteiger partial charge in [0.1, 0.15) is 5.82 Å². The van der Waals surface area contributed by atoms with Gasteiger partial charge in [-0.05, 0) is 36.6 Å². The maximum absolute atomic E-state index is 12.9. The largest absolute Gasteiger partial charge is 0.399 e. The van der Waals surface area contributed by atoms with E-state index >= 15 is 0 Å². The minimum atomic E-state index is -2.55. The van der Waals surface area contributed by atoms with Crippen molar-refractivity contribution in [2.24, 2.45) is 0 Å².